The number of allylic oxidation sites excluding steroid dienone is 1. The zero-order valence-corrected chi connectivity index (χ0v) is 16.5. The molecule has 0 radical (unpaired) electrons. The van der Waals surface area contributed by atoms with E-state index in [1.165, 1.54) is 4.57 Å². The number of benzene rings is 2. The van der Waals surface area contributed by atoms with Crippen LogP contribution < -0.4 is 15.0 Å². The molecule has 0 saturated heterocycles. The standard InChI is InChI=1S/C23H18N2O6/c26-16-6-3-7-17(27)20(16)22(28)21-23(29)25(15-5-2-1-4-14(15)24-21)13-8-9-18-19(12-13)31-11-10-30-18/h1-2,4-5,8-9,12,28H,3,6-7,10-11H2. The van der Waals surface area contributed by atoms with Gasteiger partial charge in [0.2, 0.25) is 0 Å². The Balaban J connectivity index is 1.78. The number of hydrogen-bond donors (Lipinski definition) is 1. The average molecular weight is 418 g/mol. The molecule has 0 amide bonds. The molecular weight excluding hydrogens is 400 g/mol. The molecule has 0 bridgehead atoms. The fourth-order valence-electron chi connectivity index (χ4n) is 3.91. The number of Topliss-reactive ketones (excluding diaryl/α,β-unsaturated/α-hetero) is 2. The second-order valence-electron chi connectivity index (χ2n) is 7.34. The van der Waals surface area contributed by atoms with E-state index in [4.69, 9.17) is 9.47 Å². The molecule has 1 saturated carbocycles. The maximum absolute atomic E-state index is 13.5. The van der Waals surface area contributed by atoms with Gasteiger partial charge in [-0.2, -0.15) is 0 Å². The molecule has 1 N–H and O–H groups in total. The highest BCUT2D eigenvalue weighted by atomic mass is 16.6. The first kappa shape index (κ1) is 19.0. The van der Waals surface area contributed by atoms with Crippen molar-refractivity contribution in [3.8, 4) is 17.2 Å². The van der Waals surface area contributed by atoms with Gasteiger partial charge in [-0.25, -0.2) is 4.98 Å². The maximum Gasteiger partial charge on any atom is 0.285 e. The van der Waals surface area contributed by atoms with Crippen molar-refractivity contribution in [2.45, 2.75) is 19.3 Å². The van der Waals surface area contributed by atoms with Crippen molar-refractivity contribution < 1.29 is 24.2 Å². The van der Waals surface area contributed by atoms with Crippen LogP contribution in [-0.4, -0.2) is 39.4 Å². The first-order valence-corrected chi connectivity index (χ1v) is 9.96. The molecule has 8 heteroatoms. The topological polar surface area (TPSA) is 108 Å². The van der Waals surface area contributed by atoms with Crippen molar-refractivity contribution >= 4 is 28.4 Å². The van der Waals surface area contributed by atoms with Gasteiger partial charge in [0.1, 0.15) is 18.8 Å². The summed E-state index contributed by atoms with van der Waals surface area (Å²) in [4.78, 5) is 42.4. The Labute approximate surface area is 176 Å². The van der Waals surface area contributed by atoms with Gasteiger partial charge in [-0.05, 0) is 30.7 Å². The predicted octanol–water partition coefficient (Wildman–Crippen LogP) is 2.75. The number of carbonyl (C=O) groups is 2. The summed E-state index contributed by atoms with van der Waals surface area (Å²) >= 11 is 0. The fraction of sp³-hybridized carbons (Fsp3) is 0.217. The van der Waals surface area contributed by atoms with Gasteiger partial charge >= 0.3 is 0 Å². The first-order chi connectivity index (χ1) is 15.0. The molecule has 156 valence electrons. The molecule has 2 heterocycles. The first-order valence-electron chi connectivity index (χ1n) is 9.96. The Morgan fingerprint density at radius 1 is 0.935 bits per heavy atom. The van der Waals surface area contributed by atoms with Crippen LogP contribution in [0.15, 0.2) is 52.8 Å². The van der Waals surface area contributed by atoms with Crippen molar-refractivity contribution in [2.75, 3.05) is 13.2 Å². The molecule has 1 aliphatic heterocycles. The Bertz CT molecular complexity index is 1320. The largest absolute Gasteiger partial charge is 0.505 e. The molecule has 1 fully saturated rings. The Morgan fingerprint density at radius 2 is 1.65 bits per heavy atom. The zero-order valence-electron chi connectivity index (χ0n) is 16.5. The van der Waals surface area contributed by atoms with E-state index in [9.17, 15) is 19.5 Å². The van der Waals surface area contributed by atoms with Crippen LogP contribution in [0.5, 0.6) is 11.5 Å². The van der Waals surface area contributed by atoms with Crippen LogP contribution in [0.4, 0.5) is 0 Å². The van der Waals surface area contributed by atoms with Gasteiger partial charge in [0.05, 0.1) is 16.7 Å². The van der Waals surface area contributed by atoms with Crippen molar-refractivity contribution in [1.29, 1.82) is 0 Å². The molecule has 2 aliphatic rings. The number of para-hydroxylation sites is 2. The third-order valence-electron chi connectivity index (χ3n) is 5.37. The van der Waals surface area contributed by atoms with Gasteiger partial charge in [0, 0.05) is 18.9 Å². The van der Waals surface area contributed by atoms with Crippen LogP contribution >= 0.6 is 0 Å². The normalized spacial score (nSPS) is 15.9. The van der Waals surface area contributed by atoms with Crippen molar-refractivity contribution in [2.24, 2.45) is 0 Å². The lowest BCUT2D eigenvalue weighted by atomic mass is 9.90. The van der Waals surface area contributed by atoms with Crippen molar-refractivity contribution in [3.05, 3.63) is 64.1 Å². The number of ketones is 2. The molecule has 5 rings (SSSR count). The summed E-state index contributed by atoms with van der Waals surface area (Å²) in [6, 6.07) is 12.0. The number of hydrogen-bond acceptors (Lipinski definition) is 7. The van der Waals surface area contributed by atoms with Crippen LogP contribution in [0, 0.1) is 0 Å². The molecular formula is C23H18N2O6. The summed E-state index contributed by atoms with van der Waals surface area (Å²) in [6.07, 6.45) is 0.727. The molecule has 8 nitrogen and oxygen atoms in total. The molecule has 0 atom stereocenters. The lowest BCUT2D eigenvalue weighted by Crippen LogP contribution is -2.27. The number of rotatable bonds is 2. The number of aromatic nitrogens is 2. The minimum atomic E-state index is -0.670. The summed E-state index contributed by atoms with van der Waals surface area (Å²) in [5, 5.41) is 10.8. The monoisotopic (exact) mass is 418 g/mol. The molecule has 1 aliphatic carbocycles. The van der Waals surface area contributed by atoms with Gasteiger partial charge < -0.3 is 14.6 Å². The van der Waals surface area contributed by atoms with Crippen LogP contribution in [0.1, 0.15) is 25.0 Å². The van der Waals surface area contributed by atoms with Gasteiger partial charge in [-0.15, -0.1) is 0 Å². The van der Waals surface area contributed by atoms with E-state index in [1.54, 1.807) is 42.5 Å². The van der Waals surface area contributed by atoms with E-state index < -0.39 is 22.9 Å². The fourth-order valence-corrected chi connectivity index (χ4v) is 3.91. The van der Waals surface area contributed by atoms with E-state index in [2.05, 4.69) is 4.98 Å². The predicted molar refractivity (Wildman–Crippen MR) is 112 cm³/mol. The number of nitrogens with zero attached hydrogens (tertiary/aromatic N) is 2. The zero-order chi connectivity index (χ0) is 21.5. The second kappa shape index (κ2) is 7.39. The Hall–Kier alpha value is -3.94. The second-order valence-corrected chi connectivity index (χ2v) is 7.34. The SMILES string of the molecule is O=C1CCCC(=O)C1=C(O)c1nc2ccccc2n(-c2ccc3c(c2)OCCO3)c1=O. The van der Waals surface area contributed by atoms with E-state index in [-0.39, 0.29) is 24.1 Å². The minimum absolute atomic E-state index is 0.148. The molecule has 31 heavy (non-hydrogen) atoms. The highest BCUT2D eigenvalue weighted by Crippen LogP contribution is 2.32. The summed E-state index contributed by atoms with van der Waals surface area (Å²) in [6.45, 7) is 0.836. The summed E-state index contributed by atoms with van der Waals surface area (Å²) < 4.78 is 12.6. The van der Waals surface area contributed by atoms with Gasteiger partial charge in [0.25, 0.3) is 5.56 Å². The third kappa shape index (κ3) is 3.16. The van der Waals surface area contributed by atoms with Gasteiger partial charge in [0.15, 0.2) is 34.5 Å². The third-order valence-corrected chi connectivity index (χ3v) is 5.37. The number of ether oxygens (including phenoxy) is 2. The number of carbonyl (C=O) groups excluding carboxylic acids is 2. The van der Waals surface area contributed by atoms with E-state index in [1.807, 2.05) is 0 Å². The maximum atomic E-state index is 13.5. The lowest BCUT2D eigenvalue weighted by molar-refractivity contribution is -0.123. The highest BCUT2D eigenvalue weighted by Gasteiger charge is 2.30. The average Bonchev–Trinajstić information content (AvgIpc) is 2.78. The minimum Gasteiger partial charge on any atom is -0.505 e. The Morgan fingerprint density at radius 3 is 2.42 bits per heavy atom. The van der Waals surface area contributed by atoms with Crippen LogP contribution in [0.3, 0.4) is 0 Å². The molecule has 0 spiro atoms. The van der Waals surface area contributed by atoms with Gasteiger partial charge in [-0.1, -0.05) is 12.1 Å². The summed E-state index contributed by atoms with van der Waals surface area (Å²) in [7, 11) is 0. The molecule has 1 aromatic heterocycles. The molecule has 0 unspecified atom stereocenters. The number of aliphatic hydroxyl groups excluding tert-OH is 1. The van der Waals surface area contributed by atoms with E-state index in [0.717, 1.165) is 0 Å². The smallest absolute Gasteiger partial charge is 0.285 e. The van der Waals surface area contributed by atoms with Crippen molar-refractivity contribution in [1.82, 2.24) is 9.55 Å². The van der Waals surface area contributed by atoms with Crippen molar-refractivity contribution in [3.63, 3.8) is 0 Å². The number of aliphatic hydroxyl groups is 1. The van der Waals surface area contributed by atoms with E-state index >= 15 is 0 Å². The number of fused-ring (bicyclic) bond motifs is 2. The molecule has 3 aromatic rings. The quantitative estimate of drug-likeness (QED) is 0.387. The van der Waals surface area contributed by atoms with E-state index in [0.29, 0.717) is 47.9 Å². The van der Waals surface area contributed by atoms with Gasteiger partial charge in [-0.3, -0.25) is 19.0 Å². The summed E-state index contributed by atoms with van der Waals surface area (Å²) in [5.74, 6) is -0.553. The van der Waals surface area contributed by atoms with Crippen LogP contribution in [0.2, 0.25) is 0 Å². The lowest BCUT2D eigenvalue weighted by Gasteiger charge is -2.20. The highest BCUT2D eigenvalue weighted by molar-refractivity contribution is 6.25. The Kier molecular flexibility index (Phi) is 4.54. The summed E-state index contributed by atoms with van der Waals surface area (Å²) in [5.41, 5.74) is 0.0775. The molecule has 2 aromatic carbocycles. The van der Waals surface area contributed by atoms with Crippen LogP contribution in [-0.2, 0) is 9.59 Å². The van der Waals surface area contributed by atoms with Crippen LogP contribution in [0.25, 0.3) is 22.5 Å².